The van der Waals surface area contributed by atoms with E-state index in [1.807, 2.05) is 48.5 Å². The summed E-state index contributed by atoms with van der Waals surface area (Å²) >= 11 is 3.35. The van der Waals surface area contributed by atoms with Crippen molar-refractivity contribution >= 4 is 33.0 Å². The minimum absolute atomic E-state index is 0.521. The van der Waals surface area contributed by atoms with Crippen LogP contribution in [0, 0.1) is 0 Å². The molecule has 0 bridgehead atoms. The van der Waals surface area contributed by atoms with Crippen molar-refractivity contribution in [2.75, 3.05) is 0 Å². The number of hydrogen-bond donors (Lipinski definition) is 0. The van der Waals surface area contributed by atoms with E-state index >= 15 is 0 Å². The van der Waals surface area contributed by atoms with Crippen LogP contribution in [-0.4, -0.2) is 6.29 Å². The van der Waals surface area contributed by atoms with E-state index in [4.69, 9.17) is 4.74 Å². The second-order valence-electron chi connectivity index (χ2n) is 4.38. The molecule has 0 heterocycles. The van der Waals surface area contributed by atoms with Crippen molar-refractivity contribution in [2.45, 2.75) is 0 Å². The average molecular weight is 327 g/mol. The zero-order valence-corrected chi connectivity index (χ0v) is 12.1. The first-order valence-electron chi connectivity index (χ1n) is 6.18. The Kier molecular flexibility index (Phi) is 3.52. The van der Waals surface area contributed by atoms with Crippen LogP contribution in [0.5, 0.6) is 11.5 Å². The molecule has 3 aromatic carbocycles. The van der Waals surface area contributed by atoms with Gasteiger partial charge in [0.1, 0.15) is 11.5 Å². The Balaban J connectivity index is 2.08. The maximum absolute atomic E-state index is 11.1. The molecule has 3 heteroatoms. The summed E-state index contributed by atoms with van der Waals surface area (Å²) < 4.78 is 6.77. The van der Waals surface area contributed by atoms with Gasteiger partial charge in [-0.15, -0.1) is 0 Å². The van der Waals surface area contributed by atoms with E-state index in [1.165, 1.54) is 0 Å². The quantitative estimate of drug-likeness (QED) is 0.618. The molecule has 0 radical (unpaired) electrons. The van der Waals surface area contributed by atoms with E-state index in [0.29, 0.717) is 11.3 Å². The summed E-state index contributed by atoms with van der Waals surface area (Å²) in [4.78, 5) is 11.1. The summed E-state index contributed by atoms with van der Waals surface area (Å²) in [5.41, 5.74) is 0.521. The third-order valence-electron chi connectivity index (χ3n) is 3.07. The lowest BCUT2D eigenvalue weighted by atomic mass is 10.1. The molecule has 0 atom stereocenters. The number of benzene rings is 3. The van der Waals surface area contributed by atoms with Crippen LogP contribution in [0.2, 0.25) is 0 Å². The summed E-state index contributed by atoms with van der Waals surface area (Å²) in [6.07, 6.45) is 0.797. The molecular weight excluding hydrogens is 316 g/mol. The highest BCUT2D eigenvalue weighted by Gasteiger charge is 2.07. The van der Waals surface area contributed by atoms with E-state index < -0.39 is 0 Å². The molecule has 0 amide bonds. The van der Waals surface area contributed by atoms with Crippen LogP contribution < -0.4 is 4.74 Å². The Bertz CT molecular complexity index is 776. The van der Waals surface area contributed by atoms with Gasteiger partial charge in [-0.3, -0.25) is 4.79 Å². The van der Waals surface area contributed by atoms with Crippen LogP contribution in [0.25, 0.3) is 10.8 Å². The van der Waals surface area contributed by atoms with Crippen LogP contribution in [0.15, 0.2) is 65.1 Å². The van der Waals surface area contributed by atoms with Crippen molar-refractivity contribution in [3.05, 3.63) is 70.7 Å². The monoisotopic (exact) mass is 326 g/mol. The smallest absolute Gasteiger partial charge is 0.153 e. The number of rotatable bonds is 3. The predicted octanol–water partition coefficient (Wildman–Crippen LogP) is 5.21. The van der Waals surface area contributed by atoms with E-state index in [1.54, 1.807) is 12.1 Å². The van der Waals surface area contributed by atoms with E-state index in [9.17, 15) is 4.79 Å². The highest BCUT2D eigenvalue weighted by Crippen LogP contribution is 2.32. The van der Waals surface area contributed by atoms with Gasteiger partial charge in [-0.1, -0.05) is 52.3 Å². The summed E-state index contributed by atoms with van der Waals surface area (Å²) in [6.45, 7) is 0. The SMILES string of the molecule is O=Cc1cc(Br)ccc1Oc1cccc2ccccc12. The van der Waals surface area contributed by atoms with Crippen molar-refractivity contribution in [3.8, 4) is 11.5 Å². The lowest BCUT2D eigenvalue weighted by molar-refractivity contribution is 0.112. The lowest BCUT2D eigenvalue weighted by Crippen LogP contribution is -1.91. The Morgan fingerprint density at radius 1 is 0.900 bits per heavy atom. The highest BCUT2D eigenvalue weighted by atomic mass is 79.9. The molecule has 3 rings (SSSR count). The molecule has 20 heavy (non-hydrogen) atoms. The van der Waals surface area contributed by atoms with Gasteiger partial charge in [0, 0.05) is 9.86 Å². The third-order valence-corrected chi connectivity index (χ3v) is 3.56. The van der Waals surface area contributed by atoms with Crippen molar-refractivity contribution < 1.29 is 9.53 Å². The molecule has 2 nitrogen and oxygen atoms in total. The molecule has 3 aromatic rings. The fourth-order valence-electron chi connectivity index (χ4n) is 2.11. The number of ether oxygens (including phenoxy) is 1. The lowest BCUT2D eigenvalue weighted by Gasteiger charge is -2.10. The summed E-state index contributed by atoms with van der Waals surface area (Å²) in [6, 6.07) is 19.3. The first kappa shape index (κ1) is 12.9. The number of fused-ring (bicyclic) bond motifs is 1. The molecule has 0 unspecified atom stereocenters. The molecule has 0 saturated heterocycles. The molecule has 0 aliphatic carbocycles. The Labute approximate surface area is 125 Å². The van der Waals surface area contributed by atoms with E-state index in [2.05, 4.69) is 15.9 Å². The molecular formula is C17H11BrO2. The van der Waals surface area contributed by atoms with Crippen LogP contribution in [-0.2, 0) is 0 Å². The van der Waals surface area contributed by atoms with Gasteiger partial charge in [0.25, 0.3) is 0 Å². The van der Waals surface area contributed by atoms with Crippen molar-refractivity contribution in [1.29, 1.82) is 0 Å². The van der Waals surface area contributed by atoms with Gasteiger partial charge in [-0.05, 0) is 29.7 Å². The molecule has 0 saturated carbocycles. The minimum Gasteiger partial charge on any atom is -0.456 e. The van der Waals surface area contributed by atoms with Crippen LogP contribution in [0.3, 0.4) is 0 Å². The first-order chi connectivity index (χ1) is 9.78. The average Bonchev–Trinajstić information content (AvgIpc) is 2.49. The van der Waals surface area contributed by atoms with Crippen molar-refractivity contribution in [2.24, 2.45) is 0 Å². The topological polar surface area (TPSA) is 26.3 Å². The summed E-state index contributed by atoms with van der Waals surface area (Å²) in [7, 11) is 0. The largest absolute Gasteiger partial charge is 0.456 e. The second-order valence-corrected chi connectivity index (χ2v) is 5.30. The summed E-state index contributed by atoms with van der Waals surface area (Å²) in [5, 5.41) is 2.13. The van der Waals surface area contributed by atoms with Gasteiger partial charge in [-0.2, -0.15) is 0 Å². The van der Waals surface area contributed by atoms with Gasteiger partial charge in [-0.25, -0.2) is 0 Å². The first-order valence-corrected chi connectivity index (χ1v) is 6.97. The minimum atomic E-state index is 0.521. The van der Waals surface area contributed by atoms with Crippen LogP contribution in [0.1, 0.15) is 10.4 Å². The van der Waals surface area contributed by atoms with Crippen LogP contribution >= 0.6 is 15.9 Å². The number of carbonyl (C=O) groups excluding carboxylic acids is 1. The van der Waals surface area contributed by atoms with Gasteiger partial charge in [0.15, 0.2) is 6.29 Å². The molecule has 0 aliphatic heterocycles. The molecule has 98 valence electrons. The normalized spacial score (nSPS) is 10.4. The van der Waals surface area contributed by atoms with Gasteiger partial charge in [0.05, 0.1) is 5.56 Å². The fourth-order valence-corrected chi connectivity index (χ4v) is 2.49. The number of halogens is 1. The highest BCUT2D eigenvalue weighted by molar-refractivity contribution is 9.10. The number of aldehydes is 1. The maximum Gasteiger partial charge on any atom is 0.153 e. The Morgan fingerprint density at radius 2 is 1.70 bits per heavy atom. The summed E-state index contributed by atoms with van der Waals surface area (Å²) in [5.74, 6) is 1.30. The van der Waals surface area contributed by atoms with Crippen molar-refractivity contribution in [3.63, 3.8) is 0 Å². The molecule has 0 N–H and O–H groups in total. The number of carbonyl (C=O) groups is 1. The Morgan fingerprint density at radius 3 is 2.55 bits per heavy atom. The second kappa shape index (κ2) is 5.47. The Hall–Kier alpha value is -2.13. The van der Waals surface area contributed by atoms with Crippen molar-refractivity contribution in [1.82, 2.24) is 0 Å². The predicted molar refractivity (Wildman–Crippen MR) is 83.6 cm³/mol. The number of hydrogen-bond acceptors (Lipinski definition) is 2. The molecule has 0 aromatic heterocycles. The third kappa shape index (κ3) is 2.45. The zero-order chi connectivity index (χ0) is 13.9. The van der Waals surface area contributed by atoms with Crippen LogP contribution in [0.4, 0.5) is 0 Å². The molecule has 0 aliphatic rings. The van der Waals surface area contributed by atoms with E-state index in [0.717, 1.165) is 27.3 Å². The van der Waals surface area contributed by atoms with E-state index in [-0.39, 0.29) is 0 Å². The van der Waals surface area contributed by atoms with Gasteiger partial charge < -0.3 is 4.74 Å². The standard InChI is InChI=1S/C17H11BrO2/c18-14-8-9-16(13(10-14)11-19)20-17-7-3-5-12-4-1-2-6-15(12)17/h1-11H. The van der Waals surface area contributed by atoms with Gasteiger partial charge >= 0.3 is 0 Å². The molecule has 0 spiro atoms. The zero-order valence-electron chi connectivity index (χ0n) is 10.5. The maximum atomic E-state index is 11.1. The molecule has 0 fully saturated rings. The fraction of sp³-hybridized carbons (Fsp3) is 0. The van der Waals surface area contributed by atoms with Gasteiger partial charge in [0.2, 0.25) is 0 Å².